The van der Waals surface area contributed by atoms with Gasteiger partial charge in [-0.15, -0.1) is 0 Å². The van der Waals surface area contributed by atoms with Crippen LogP contribution < -0.4 is 10.7 Å². The van der Waals surface area contributed by atoms with Crippen LogP contribution in [0.1, 0.15) is 52.8 Å². The second-order valence-corrected chi connectivity index (χ2v) is 9.56. The summed E-state index contributed by atoms with van der Waals surface area (Å²) in [7, 11) is -0.165. The molecular formula is C27H27NO4S. The summed E-state index contributed by atoms with van der Waals surface area (Å²) in [6, 6.07) is 16.2. The summed E-state index contributed by atoms with van der Waals surface area (Å²) in [5.41, 5.74) is 2.75. The van der Waals surface area contributed by atoms with Gasteiger partial charge in [0, 0.05) is 40.6 Å². The lowest BCUT2D eigenvalue weighted by Crippen LogP contribution is -2.08. The van der Waals surface area contributed by atoms with E-state index in [0.717, 1.165) is 23.2 Å². The molecule has 0 radical (unpaired) electrons. The molecule has 0 aliphatic carbocycles. The second kappa shape index (κ2) is 11.3. The average Bonchev–Trinajstić information content (AvgIpc) is 2.80. The molecule has 0 saturated carbocycles. The molecule has 2 aromatic carbocycles. The number of hydrogen-bond donors (Lipinski definition) is 2. The van der Waals surface area contributed by atoms with Crippen molar-refractivity contribution in [2.24, 2.45) is 0 Å². The topological polar surface area (TPSA) is 79.5 Å². The van der Waals surface area contributed by atoms with E-state index in [-0.39, 0.29) is 34.3 Å². The van der Waals surface area contributed by atoms with Crippen LogP contribution in [-0.2, 0) is 12.3 Å². The fraction of sp³-hybridized carbons (Fsp3) is 0.222. The minimum atomic E-state index is -0.452. The van der Waals surface area contributed by atoms with Gasteiger partial charge in [0.2, 0.25) is 11.2 Å². The van der Waals surface area contributed by atoms with Crippen LogP contribution in [0.15, 0.2) is 63.8 Å². The molecule has 1 aromatic heterocycles. The van der Waals surface area contributed by atoms with Gasteiger partial charge in [0.25, 0.3) is 0 Å². The predicted molar refractivity (Wildman–Crippen MR) is 136 cm³/mol. The van der Waals surface area contributed by atoms with Gasteiger partial charge in [-0.1, -0.05) is 36.8 Å². The molecule has 33 heavy (non-hydrogen) atoms. The molecule has 6 heteroatoms. The van der Waals surface area contributed by atoms with E-state index in [2.05, 4.69) is 23.0 Å². The molecule has 1 atom stereocenters. The predicted octanol–water partition coefficient (Wildman–Crippen LogP) is 5.17. The average molecular weight is 462 g/mol. The van der Waals surface area contributed by atoms with Gasteiger partial charge >= 0.3 is 0 Å². The number of Topliss-reactive ketones (excluding diaryl/α,β-unsaturated/α-hetero) is 1. The zero-order chi connectivity index (χ0) is 23.8. The van der Waals surface area contributed by atoms with Crippen molar-refractivity contribution in [3.05, 3.63) is 93.0 Å². The van der Waals surface area contributed by atoms with Gasteiger partial charge in [-0.2, -0.15) is 10.5 Å². The summed E-state index contributed by atoms with van der Waals surface area (Å²) < 4.78 is 5.68. The molecule has 3 aromatic rings. The van der Waals surface area contributed by atoms with Gasteiger partial charge < -0.3 is 14.8 Å². The molecule has 0 fully saturated rings. The first kappa shape index (κ1) is 24.1. The fourth-order valence-corrected chi connectivity index (χ4v) is 3.76. The van der Waals surface area contributed by atoms with Crippen LogP contribution in [0.25, 0.3) is 0 Å². The minimum absolute atomic E-state index is 0.150. The van der Waals surface area contributed by atoms with Crippen LogP contribution in [0, 0.1) is 11.8 Å². The zero-order valence-corrected chi connectivity index (χ0v) is 19.6. The number of hydrogen-bond acceptors (Lipinski definition) is 5. The maximum atomic E-state index is 12.0. The zero-order valence-electron chi connectivity index (χ0n) is 18.8. The molecule has 3 rings (SSSR count). The molecule has 170 valence electrons. The number of carbonyl (C=O) groups excluding carboxylic acids is 1. The van der Waals surface area contributed by atoms with Gasteiger partial charge in [-0.05, 0) is 49.1 Å². The first-order chi connectivity index (χ1) is 15.9. The Morgan fingerprint density at radius 3 is 2.27 bits per heavy atom. The minimum Gasteiger partial charge on any atom is -0.502 e. The standard InChI is InChI=1S/C27H27NO4S/c1-4-5-24(29)21-12-8-19(9-13-21)6-7-20-10-14-22(15-11-20)28-17-26-27(31)25(30)16-23(32-26)18-33(2)3/h8-16,28,31H,2,4-5,17-18H2,1,3H3. The number of aromatic hydroxyl groups is 1. The van der Waals surface area contributed by atoms with Crippen LogP contribution in [0.4, 0.5) is 5.69 Å². The highest BCUT2D eigenvalue weighted by molar-refractivity contribution is 8.12. The number of benzene rings is 2. The normalized spacial score (nSPS) is 11.3. The molecule has 1 heterocycles. The quantitative estimate of drug-likeness (QED) is 0.275. The van der Waals surface area contributed by atoms with Crippen molar-refractivity contribution >= 4 is 27.8 Å². The van der Waals surface area contributed by atoms with Gasteiger partial charge in [0.15, 0.2) is 11.5 Å². The number of nitrogens with one attached hydrogen (secondary N) is 1. The van der Waals surface area contributed by atoms with Crippen molar-refractivity contribution in [1.29, 1.82) is 0 Å². The molecule has 0 aliphatic heterocycles. The van der Waals surface area contributed by atoms with E-state index in [1.807, 2.05) is 61.7 Å². The SMILES string of the molecule is C=S(C)Cc1cc(=O)c(O)c(CNc2ccc(C#Cc3ccc(C(=O)CCC)cc3)cc2)o1. The number of carbonyl (C=O) groups is 1. The largest absolute Gasteiger partial charge is 0.502 e. The monoisotopic (exact) mass is 461 g/mol. The van der Waals surface area contributed by atoms with Crippen LogP contribution in [0.3, 0.4) is 0 Å². The lowest BCUT2D eigenvalue weighted by Gasteiger charge is -2.09. The second-order valence-electron chi connectivity index (χ2n) is 7.71. The fourth-order valence-electron chi connectivity index (χ4n) is 3.13. The third-order valence-corrected chi connectivity index (χ3v) is 5.58. The van der Waals surface area contributed by atoms with E-state index in [1.54, 1.807) is 0 Å². The molecule has 0 bridgehead atoms. The van der Waals surface area contributed by atoms with Gasteiger partial charge in [-0.25, -0.2) is 0 Å². The highest BCUT2D eigenvalue weighted by atomic mass is 32.2. The van der Waals surface area contributed by atoms with Crippen molar-refractivity contribution in [2.45, 2.75) is 32.1 Å². The molecule has 0 spiro atoms. The Kier molecular flexibility index (Phi) is 8.28. The van der Waals surface area contributed by atoms with Crippen molar-refractivity contribution in [2.75, 3.05) is 11.6 Å². The summed E-state index contributed by atoms with van der Waals surface area (Å²) in [6.07, 6.45) is 3.35. The van der Waals surface area contributed by atoms with Gasteiger partial charge in [0.1, 0.15) is 5.76 Å². The third kappa shape index (κ3) is 6.96. The van der Waals surface area contributed by atoms with Gasteiger partial charge in [-0.3, -0.25) is 9.59 Å². The Labute approximate surface area is 196 Å². The molecule has 2 N–H and O–H groups in total. The Balaban J connectivity index is 1.64. The molecular weight excluding hydrogens is 434 g/mol. The van der Waals surface area contributed by atoms with Gasteiger partial charge in [0.05, 0.1) is 6.54 Å². The molecule has 5 nitrogen and oxygen atoms in total. The Bertz CT molecular complexity index is 1260. The number of ketones is 1. The summed E-state index contributed by atoms with van der Waals surface area (Å²) in [5.74, 6) is 11.2. The summed E-state index contributed by atoms with van der Waals surface area (Å²) in [4.78, 5) is 23.9. The smallest absolute Gasteiger partial charge is 0.227 e. The van der Waals surface area contributed by atoms with E-state index in [0.29, 0.717) is 23.5 Å². The first-order valence-corrected chi connectivity index (χ1v) is 12.6. The Hall–Kier alpha value is -3.56. The maximum absolute atomic E-state index is 12.0. The van der Waals surface area contributed by atoms with Crippen molar-refractivity contribution in [3.63, 3.8) is 0 Å². The van der Waals surface area contributed by atoms with Crippen molar-refractivity contribution in [3.8, 4) is 17.6 Å². The van der Waals surface area contributed by atoms with E-state index in [1.165, 1.54) is 6.07 Å². The summed E-state index contributed by atoms with van der Waals surface area (Å²) in [5, 5.41) is 13.2. The summed E-state index contributed by atoms with van der Waals surface area (Å²) >= 11 is 0. The lowest BCUT2D eigenvalue weighted by atomic mass is 10.1. The van der Waals surface area contributed by atoms with E-state index < -0.39 is 5.43 Å². The number of anilines is 1. The highest BCUT2D eigenvalue weighted by Crippen LogP contribution is 2.20. The molecule has 0 amide bonds. The number of rotatable bonds is 8. The van der Waals surface area contributed by atoms with Crippen LogP contribution in [-0.4, -0.2) is 23.0 Å². The Morgan fingerprint density at radius 2 is 1.70 bits per heavy atom. The van der Waals surface area contributed by atoms with E-state index in [4.69, 9.17) is 4.42 Å². The maximum Gasteiger partial charge on any atom is 0.227 e. The van der Waals surface area contributed by atoms with E-state index >= 15 is 0 Å². The highest BCUT2D eigenvalue weighted by Gasteiger charge is 2.11. The van der Waals surface area contributed by atoms with Crippen LogP contribution in [0.2, 0.25) is 0 Å². The first-order valence-electron chi connectivity index (χ1n) is 10.6. The molecule has 0 saturated heterocycles. The Morgan fingerprint density at radius 1 is 1.09 bits per heavy atom. The molecule has 1 unspecified atom stereocenters. The summed E-state index contributed by atoms with van der Waals surface area (Å²) in [6.45, 7) is 2.17. The van der Waals surface area contributed by atoms with Crippen molar-refractivity contribution in [1.82, 2.24) is 0 Å². The third-order valence-electron chi connectivity index (χ3n) is 4.81. The van der Waals surface area contributed by atoms with E-state index in [9.17, 15) is 14.7 Å². The van der Waals surface area contributed by atoms with Crippen molar-refractivity contribution < 1.29 is 14.3 Å². The van der Waals surface area contributed by atoms with Crippen LogP contribution >= 0.6 is 10.5 Å². The molecule has 0 aliphatic rings. The lowest BCUT2D eigenvalue weighted by molar-refractivity contribution is 0.0981. The van der Waals surface area contributed by atoms with Crippen LogP contribution in [0.5, 0.6) is 5.75 Å².